The van der Waals surface area contributed by atoms with Crippen LogP contribution in [-0.2, 0) is 19.2 Å². The Balaban J connectivity index is 0.768. The second-order valence-electron chi connectivity index (χ2n) is 19.8. The number of hydrogen-bond acceptors (Lipinski definition) is 14. The number of pyridine rings is 1. The number of aliphatic imine (C=N–C) groups is 1. The minimum absolute atomic E-state index is 0.0432. The van der Waals surface area contributed by atoms with Crippen LogP contribution in [0.15, 0.2) is 77.4 Å². The van der Waals surface area contributed by atoms with Gasteiger partial charge in [0.05, 0.1) is 52.6 Å². The van der Waals surface area contributed by atoms with Gasteiger partial charge in [0.25, 0.3) is 5.91 Å². The normalized spacial score (nSPS) is 18.5. The van der Waals surface area contributed by atoms with E-state index in [1.54, 1.807) is 34.8 Å². The Kier molecular flexibility index (Phi) is 14.4. The zero-order valence-corrected chi connectivity index (χ0v) is 43.8. The average molecular weight is 1030 g/mol. The number of aryl methyl sites for hydroxylation is 3. The van der Waals surface area contributed by atoms with Crippen molar-refractivity contribution >= 4 is 69.4 Å². The number of aliphatic hydroxyl groups is 1. The van der Waals surface area contributed by atoms with E-state index in [4.69, 9.17) is 21.3 Å². The number of rotatable bonds is 14. The maximum atomic E-state index is 14.2. The maximum Gasteiger partial charge on any atom is 0.258 e. The molecule has 20 heteroatoms. The fraction of sp³-hybridized carbons (Fsp3) is 0.404. The second kappa shape index (κ2) is 20.5. The fourth-order valence-corrected chi connectivity index (χ4v) is 11.5. The quantitative estimate of drug-likeness (QED) is 0.0895. The Morgan fingerprint density at radius 1 is 0.903 bits per heavy atom. The summed E-state index contributed by atoms with van der Waals surface area (Å²) < 4.78 is 7.84. The molecule has 0 saturated carbocycles. The van der Waals surface area contributed by atoms with Crippen molar-refractivity contribution in [1.82, 2.24) is 45.6 Å². The van der Waals surface area contributed by atoms with Gasteiger partial charge in [0, 0.05) is 47.1 Å². The zero-order chi connectivity index (χ0) is 51.2. The number of nitrogens with one attached hydrogen (secondary N) is 3. The van der Waals surface area contributed by atoms with Crippen molar-refractivity contribution in [3.05, 3.63) is 122 Å². The Morgan fingerprint density at radius 2 is 1.62 bits per heavy atom. The number of aromatic nitrogens is 5. The zero-order valence-electron chi connectivity index (χ0n) is 41.4. The second-order valence-corrected chi connectivity index (χ2v) is 22.3. The molecule has 7 heterocycles. The van der Waals surface area contributed by atoms with E-state index >= 15 is 0 Å². The summed E-state index contributed by atoms with van der Waals surface area (Å²) >= 11 is 9.49. The number of carbonyl (C=O) groups is 4. The number of ether oxygens (including phenoxy) is 1. The van der Waals surface area contributed by atoms with Crippen molar-refractivity contribution in [2.24, 2.45) is 10.4 Å². The smallest absolute Gasteiger partial charge is 0.258 e. The SMILES string of the molecule is Cc1ncsc1-c1ccc([C@H](C)NC(=O)[C@@H]2C[C@@H](O)CN2C(=O)C(NC(=O)COc2ccc(N3CC(NC(=O)C[C@@H]4N=C(c5ccc(Cl)cc5)c5c(sc(C)c5C)-n5c(C)nnc54)C3)nc2)C(C)(C)C)cc1. The summed E-state index contributed by atoms with van der Waals surface area (Å²) in [5.41, 5.74) is 7.75. The predicted molar refractivity (Wildman–Crippen MR) is 278 cm³/mol. The molecule has 2 aromatic carbocycles. The van der Waals surface area contributed by atoms with E-state index in [1.165, 1.54) is 11.1 Å². The van der Waals surface area contributed by atoms with Crippen LogP contribution in [0.4, 0.5) is 5.82 Å². The highest BCUT2D eigenvalue weighted by Crippen LogP contribution is 2.40. The number of benzene rings is 2. The molecule has 2 saturated heterocycles. The molecule has 17 nitrogen and oxygen atoms in total. The minimum Gasteiger partial charge on any atom is -0.482 e. The number of likely N-dealkylation sites (tertiary alicyclic amines) is 1. The van der Waals surface area contributed by atoms with Crippen molar-refractivity contribution in [1.29, 1.82) is 0 Å². The number of amides is 4. The number of anilines is 1. The molecule has 376 valence electrons. The van der Waals surface area contributed by atoms with Gasteiger partial charge in [-0.25, -0.2) is 9.97 Å². The fourth-order valence-electron chi connectivity index (χ4n) is 9.36. The topological polar surface area (TPSA) is 209 Å². The summed E-state index contributed by atoms with van der Waals surface area (Å²) in [5, 5.41) is 30.3. The summed E-state index contributed by atoms with van der Waals surface area (Å²) in [6.07, 6.45) is 0.767. The van der Waals surface area contributed by atoms with Crippen LogP contribution in [0.3, 0.4) is 0 Å². The van der Waals surface area contributed by atoms with Gasteiger partial charge in [-0.2, -0.15) is 0 Å². The minimum atomic E-state index is -1.02. The molecule has 0 bridgehead atoms. The van der Waals surface area contributed by atoms with Crippen LogP contribution in [-0.4, -0.2) is 115 Å². The monoisotopic (exact) mass is 1030 g/mol. The molecule has 1 unspecified atom stereocenters. The summed E-state index contributed by atoms with van der Waals surface area (Å²) in [7, 11) is 0. The summed E-state index contributed by atoms with van der Waals surface area (Å²) in [5.74, 6) is 0.811. The molecule has 9 rings (SSSR count). The Morgan fingerprint density at radius 3 is 2.29 bits per heavy atom. The van der Waals surface area contributed by atoms with Crippen LogP contribution in [0, 0.1) is 33.1 Å². The van der Waals surface area contributed by atoms with E-state index in [0.29, 0.717) is 35.5 Å². The highest BCUT2D eigenvalue weighted by Gasteiger charge is 2.45. The van der Waals surface area contributed by atoms with Crippen LogP contribution >= 0.6 is 34.3 Å². The largest absolute Gasteiger partial charge is 0.482 e. The third kappa shape index (κ3) is 10.5. The predicted octanol–water partition coefficient (Wildman–Crippen LogP) is 6.77. The molecule has 4 aromatic heterocycles. The van der Waals surface area contributed by atoms with Crippen molar-refractivity contribution in [2.75, 3.05) is 31.1 Å². The van der Waals surface area contributed by atoms with Gasteiger partial charge in [-0.3, -0.25) is 28.7 Å². The average Bonchev–Trinajstić information content (AvgIpc) is 4.10. The first-order chi connectivity index (χ1) is 34.3. The van der Waals surface area contributed by atoms with Crippen LogP contribution in [0.1, 0.15) is 97.1 Å². The third-order valence-electron chi connectivity index (χ3n) is 13.5. The number of thiophene rings is 1. The number of β-amino-alcohol motifs (C(OH)–C–C–N with tert-alkyl or cyclic N) is 1. The number of fused-ring (bicyclic) bond motifs is 3. The van der Waals surface area contributed by atoms with Crippen LogP contribution < -0.4 is 25.6 Å². The number of hydrogen-bond donors (Lipinski definition) is 4. The molecule has 4 N–H and O–H groups in total. The van der Waals surface area contributed by atoms with Gasteiger partial charge in [0.15, 0.2) is 12.4 Å². The molecule has 4 amide bonds. The van der Waals surface area contributed by atoms with E-state index < -0.39 is 41.5 Å². The summed E-state index contributed by atoms with van der Waals surface area (Å²) in [4.78, 5) is 74.8. The summed E-state index contributed by atoms with van der Waals surface area (Å²) in [6.45, 7) is 16.0. The Hall–Kier alpha value is -6.54. The van der Waals surface area contributed by atoms with E-state index in [1.807, 2.05) is 105 Å². The number of thiazole rings is 1. The van der Waals surface area contributed by atoms with Crippen molar-refractivity contribution in [3.63, 3.8) is 0 Å². The standard InChI is InChI=1S/C52H58ClN11O6S2/c1-27-30(4)72-51-44(27)45(33-13-15-35(53)16-14-33)58-39(48-61-60-31(5)64(48)51)20-42(66)57-36-22-62(23-36)41-18-17-38(21-54-41)70-25-43(67)59-47(52(6,7)8)50(69)63-24-37(65)19-40(63)49(68)56-28(2)32-9-11-34(12-10-32)46-29(3)55-26-71-46/h9-18,21,26,28,36-37,39-40,47,65H,19-20,22-25H2,1-8H3,(H,56,68)(H,57,66)(H,59,67)/t28-,37+,39-,40-,47?/m0/s1. The molecule has 2 fully saturated rings. The van der Waals surface area contributed by atoms with E-state index in [0.717, 1.165) is 59.8 Å². The van der Waals surface area contributed by atoms with Crippen molar-refractivity contribution < 1.29 is 29.0 Å². The van der Waals surface area contributed by atoms with E-state index in [9.17, 15) is 24.3 Å². The molecule has 72 heavy (non-hydrogen) atoms. The lowest BCUT2D eigenvalue weighted by atomic mass is 9.85. The molecule has 0 aliphatic carbocycles. The van der Waals surface area contributed by atoms with Crippen LogP contribution in [0.5, 0.6) is 5.75 Å². The molecule has 6 aromatic rings. The first kappa shape index (κ1) is 50.4. The van der Waals surface area contributed by atoms with Crippen LogP contribution in [0.2, 0.25) is 5.02 Å². The third-order valence-corrected chi connectivity index (χ3v) is 15.9. The Bertz CT molecular complexity index is 3030. The molecule has 0 radical (unpaired) electrons. The van der Waals surface area contributed by atoms with Gasteiger partial charge in [-0.1, -0.05) is 68.8 Å². The van der Waals surface area contributed by atoms with Gasteiger partial charge >= 0.3 is 0 Å². The number of halogens is 1. The first-order valence-corrected chi connectivity index (χ1v) is 26.0. The van der Waals surface area contributed by atoms with Gasteiger partial charge in [0.2, 0.25) is 17.7 Å². The van der Waals surface area contributed by atoms with E-state index in [-0.39, 0.29) is 49.9 Å². The lowest BCUT2D eigenvalue weighted by molar-refractivity contribution is -0.144. The molecule has 3 aliphatic rings. The highest BCUT2D eigenvalue weighted by molar-refractivity contribution is 7.15. The Labute approximate surface area is 431 Å². The van der Waals surface area contributed by atoms with E-state index in [2.05, 4.69) is 50.0 Å². The summed E-state index contributed by atoms with van der Waals surface area (Å²) in [6, 6.07) is 16.0. The highest BCUT2D eigenvalue weighted by atomic mass is 35.5. The molecular formula is C52H58ClN11O6S2. The van der Waals surface area contributed by atoms with Gasteiger partial charge in [0.1, 0.15) is 40.5 Å². The number of aliphatic hydroxyl groups excluding tert-OH is 1. The lowest BCUT2D eigenvalue weighted by Gasteiger charge is -2.40. The molecule has 3 aliphatic heterocycles. The lowest BCUT2D eigenvalue weighted by Crippen LogP contribution is -2.59. The van der Waals surface area contributed by atoms with Crippen LogP contribution in [0.25, 0.3) is 15.4 Å². The molecular weight excluding hydrogens is 974 g/mol. The molecule has 0 spiro atoms. The number of nitrogens with zero attached hydrogens (tertiary/aromatic N) is 8. The maximum absolute atomic E-state index is 14.2. The van der Waals surface area contributed by atoms with Gasteiger partial charge in [-0.05, 0) is 81.0 Å². The first-order valence-electron chi connectivity index (χ1n) is 23.9. The number of carbonyl (C=O) groups excluding carboxylic acids is 4. The van der Waals surface area contributed by atoms with Gasteiger partial charge < -0.3 is 35.6 Å². The van der Waals surface area contributed by atoms with Crippen molar-refractivity contribution in [2.45, 2.75) is 105 Å². The van der Waals surface area contributed by atoms with Gasteiger partial charge in [-0.15, -0.1) is 32.9 Å². The molecule has 5 atom stereocenters. The van der Waals surface area contributed by atoms with Crippen molar-refractivity contribution in [3.8, 4) is 21.2 Å².